The maximum atomic E-state index is 3.55. The van der Waals surface area contributed by atoms with Crippen molar-refractivity contribution in [2.75, 3.05) is 6.54 Å². The zero-order valence-corrected chi connectivity index (χ0v) is 13.0. The summed E-state index contributed by atoms with van der Waals surface area (Å²) < 4.78 is 0. The normalized spacial score (nSPS) is 12.4. The van der Waals surface area contributed by atoms with E-state index < -0.39 is 0 Å². The Kier molecular flexibility index (Phi) is 4.97. The fourth-order valence-electron chi connectivity index (χ4n) is 2.73. The van der Waals surface area contributed by atoms with E-state index in [4.69, 9.17) is 0 Å². The molecule has 2 aromatic carbocycles. The highest BCUT2D eigenvalue weighted by molar-refractivity contribution is 5.69. The number of hydrogen-bond donors (Lipinski definition) is 1. The summed E-state index contributed by atoms with van der Waals surface area (Å²) in [4.78, 5) is 0. The molecule has 0 saturated heterocycles. The molecule has 1 nitrogen and oxygen atoms in total. The first-order valence-electron chi connectivity index (χ1n) is 7.57. The number of hydrogen-bond acceptors (Lipinski definition) is 1. The molecule has 2 rings (SSSR count). The minimum Gasteiger partial charge on any atom is -0.310 e. The zero-order chi connectivity index (χ0) is 14.5. The molecule has 1 atom stereocenters. The molecule has 0 bridgehead atoms. The van der Waals surface area contributed by atoms with Gasteiger partial charge in [0.05, 0.1) is 0 Å². The van der Waals surface area contributed by atoms with Crippen LogP contribution in [0.4, 0.5) is 0 Å². The van der Waals surface area contributed by atoms with Crippen LogP contribution in [-0.4, -0.2) is 6.54 Å². The first-order chi connectivity index (χ1) is 9.67. The van der Waals surface area contributed by atoms with Gasteiger partial charge in [0, 0.05) is 6.04 Å². The van der Waals surface area contributed by atoms with Crippen LogP contribution in [0.5, 0.6) is 0 Å². The molecule has 0 heterocycles. The number of benzene rings is 2. The second kappa shape index (κ2) is 6.71. The predicted molar refractivity (Wildman–Crippen MR) is 88.1 cm³/mol. The lowest BCUT2D eigenvalue weighted by molar-refractivity contribution is 0.537. The van der Waals surface area contributed by atoms with Crippen molar-refractivity contribution >= 4 is 0 Å². The van der Waals surface area contributed by atoms with E-state index in [1.165, 1.54) is 27.8 Å². The SMILES string of the molecule is CCNC(CC)c1cccc(-c2cccc(C)c2C)c1. The Bertz CT molecular complexity index is 572. The van der Waals surface area contributed by atoms with Crippen molar-refractivity contribution in [3.8, 4) is 11.1 Å². The highest BCUT2D eigenvalue weighted by Crippen LogP contribution is 2.28. The first-order valence-corrected chi connectivity index (χ1v) is 7.57. The molecule has 0 aliphatic carbocycles. The van der Waals surface area contributed by atoms with Crippen LogP contribution in [0.25, 0.3) is 11.1 Å². The molecule has 0 aliphatic rings. The van der Waals surface area contributed by atoms with E-state index in [-0.39, 0.29) is 0 Å². The summed E-state index contributed by atoms with van der Waals surface area (Å²) in [5.74, 6) is 0. The van der Waals surface area contributed by atoms with Gasteiger partial charge in [-0.3, -0.25) is 0 Å². The summed E-state index contributed by atoms with van der Waals surface area (Å²) in [6, 6.07) is 15.9. The van der Waals surface area contributed by atoms with Crippen LogP contribution in [-0.2, 0) is 0 Å². The van der Waals surface area contributed by atoms with Gasteiger partial charge in [-0.1, -0.05) is 50.2 Å². The van der Waals surface area contributed by atoms with E-state index >= 15 is 0 Å². The van der Waals surface area contributed by atoms with E-state index in [0.717, 1.165) is 13.0 Å². The van der Waals surface area contributed by atoms with Gasteiger partial charge in [0.1, 0.15) is 0 Å². The van der Waals surface area contributed by atoms with Crippen LogP contribution < -0.4 is 5.32 Å². The number of rotatable bonds is 5. The highest BCUT2D eigenvalue weighted by Gasteiger charge is 2.10. The molecule has 1 unspecified atom stereocenters. The molecule has 0 aliphatic heterocycles. The molecule has 0 aromatic heterocycles. The van der Waals surface area contributed by atoms with Crippen molar-refractivity contribution in [3.63, 3.8) is 0 Å². The summed E-state index contributed by atoms with van der Waals surface area (Å²) in [6.07, 6.45) is 1.12. The van der Waals surface area contributed by atoms with Gasteiger partial charge in [-0.05, 0) is 60.7 Å². The molecule has 0 spiro atoms. The second-order valence-corrected chi connectivity index (χ2v) is 5.39. The van der Waals surface area contributed by atoms with Crippen LogP contribution in [0, 0.1) is 13.8 Å². The summed E-state index contributed by atoms with van der Waals surface area (Å²) >= 11 is 0. The first kappa shape index (κ1) is 14.8. The van der Waals surface area contributed by atoms with Crippen molar-refractivity contribution in [2.45, 2.75) is 40.2 Å². The van der Waals surface area contributed by atoms with E-state index in [0.29, 0.717) is 6.04 Å². The Morgan fingerprint density at radius 2 is 1.75 bits per heavy atom. The third kappa shape index (κ3) is 3.10. The van der Waals surface area contributed by atoms with Gasteiger partial charge in [0.15, 0.2) is 0 Å². The standard InChI is InChI=1S/C19H25N/c1-5-19(20-6-2)17-11-8-10-16(13-17)18-12-7-9-14(3)15(18)4/h7-13,19-20H,5-6H2,1-4H3. The third-order valence-electron chi connectivity index (χ3n) is 4.06. The number of aryl methyl sites for hydroxylation is 1. The monoisotopic (exact) mass is 267 g/mol. The van der Waals surface area contributed by atoms with Gasteiger partial charge < -0.3 is 5.32 Å². The van der Waals surface area contributed by atoms with E-state index in [1.54, 1.807) is 0 Å². The molecule has 1 heteroatoms. The fraction of sp³-hybridized carbons (Fsp3) is 0.368. The highest BCUT2D eigenvalue weighted by atomic mass is 14.9. The van der Waals surface area contributed by atoms with Gasteiger partial charge in [-0.2, -0.15) is 0 Å². The van der Waals surface area contributed by atoms with Crippen LogP contribution >= 0.6 is 0 Å². The summed E-state index contributed by atoms with van der Waals surface area (Å²) in [6.45, 7) is 9.79. The Morgan fingerprint density at radius 3 is 2.45 bits per heavy atom. The Hall–Kier alpha value is -1.60. The minimum atomic E-state index is 0.449. The maximum Gasteiger partial charge on any atom is 0.0317 e. The lowest BCUT2D eigenvalue weighted by Crippen LogP contribution is -2.19. The average Bonchev–Trinajstić information content (AvgIpc) is 2.47. The molecule has 20 heavy (non-hydrogen) atoms. The van der Waals surface area contributed by atoms with Crippen molar-refractivity contribution in [1.82, 2.24) is 5.32 Å². The maximum absolute atomic E-state index is 3.55. The van der Waals surface area contributed by atoms with Crippen molar-refractivity contribution in [2.24, 2.45) is 0 Å². The van der Waals surface area contributed by atoms with Gasteiger partial charge in [-0.15, -0.1) is 0 Å². The average molecular weight is 267 g/mol. The van der Waals surface area contributed by atoms with Crippen LogP contribution in [0.15, 0.2) is 42.5 Å². The summed E-state index contributed by atoms with van der Waals surface area (Å²) in [5, 5.41) is 3.55. The number of nitrogens with one attached hydrogen (secondary N) is 1. The van der Waals surface area contributed by atoms with Crippen molar-refractivity contribution in [3.05, 3.63) is 59.2 Å². The summed E-state index contributed by atoms with van der Waals surface area (Å²) in [5.41, 5.74) is 6.78. The smallest absolute Gasteiger partial charge is 0.0317 e. The van der Waals surface area contributed by atoms with E-state index in [1.807, 2.05) is 0 Å². The lowest BCUT2D eigenvalue weighted by Gasteiger charge is -2.18. The second-order valence-electron chi connectivity index (χ2n) is 5.39. The molecule has 2 aromatic rings. The van der Waals surface area contributed by atoms with Crippen LogP contribution in [0.2, 0.25) is 0 Å². The molecular formula is C19H25N. The van der Waals surface area contributed by atoms with Crippen LogP contribution in [0.3, 0.4) is 0 Å². The van der Waals surface area contributed by atoms with Gasteiger partial charge in [0.25, 0.3) is 0 Å². The quantitative estimate of drug-likeness (QED) is 0.801. The summed E-state index contributed by atoms with van der Waals surface area (Å²) in [7, 11) is 0. The molecule has 0 radical (unpaired) electrons. The molecule has 0 amide bonds. The molecular weight excluding hydrogens is 242 g/mol. The Labute approximate surface area is 123 Å². The molecule has 1 N–H and O–H groups in total. The molecule has 0 saturated carbocycles. The molecule has 0 fully saturated rings. The third-order valence-corrected chi connectivity index (χ3v) is 4.06. The van der Waals surface area contributed by atoms with E-state index in [9.17, 15) is 0 Å². The van der Waals surface area contributed by atoms with Gasteiger partial charge in [-0.25, -0.2) is 0 Å². The largest absolute Gasteiger partial charge is 0.310 e. The lowest BCUT2D eigenvalue weighted by atomic mass is 9.94. The van der Waals surface area contributed by atoms with Gasteiger partial charge >= 0.3 is 0 Å². The fourth-order valence-corrected chi connectivity index (χ4v) is 2.73. The van der Waals surface area contributed by atoms with Crippen molar-refractivity contribution in [1.29, 1.82) is 0 Å². The Balaban J connectivity index is 2.41. The van der Waals surface area contributed by atoms with Crippen LogP contribution in [0.1, 0.15) is 43.0 Å². The predicted octanol–water partition coefficient (Wildman–Crippen LogP) is 5.03. The Morgan fingerprint density at radius 1 is 1.00 bits per heavy atom. The van der Waals surface area contributed by atoms with E-state index in [2.05, 4.69) is 75.5 Å². The zero-order valence-electron chi connectivity index (χ0n) is 13.0. The topological polar surface area (TPSA) is 12.0 Å². The van der Waals surface area contributed by atoms with Crippen molar-refractivity contribution < 1.29 is 0 Å². The van der Waals surface area contributed by atoms with Gasteiger partial charge in [0.2, 0.25) is 0 Å². The molecule has 106 valence electrons. The minimum absolute atomic E-state index is 0.449.